The van der Waals surface area contributed by atoms with Gasteiger partial charge >= 0.3 is 6.18 Å². The monoisotopic (exact) mass is 558 g/mol. The van der Waals surface area contributed by atoms with Crippen LogP contribution in [0.4, 0.5) is 13.2 Å². The van der Waals surface area contributed by atoms with E-state index in [0.29, 0.717) is 30.0 Å². The van der Waals surface area contributed by atoms with Gasteiger partial charge < -0.3 is 5.32 Å². The summed E-state index contributed by atoms with van der Waals surface area (Å²) in [7, 11) is 0. The van der Waals surface area contributed by atoms with Crippen molar-refractivity contribution in [1.29, 1.82) is 0 Å². The maximum absolute atomic E-state index is 13.1. The first-order valence-corrected chi connectivity index (χ1v) is 13.2. The van der Waals surface area contributed by atoms with E-state index in [1.807, 2.05) is 31.2 Å². The molecule has 6 rings (SSSR count). The minimum atomic E-state index is -4.50. The number of rotatable bonds is 4. The number of fused-ring (bicyclic) bond motifs is 5. The number of aryl methyl sites for hydroxylation is 1. The van der Waals surface area contributed by atoms with E-state index in [9.17, 15) is 18.0 Å². The summed E-state index contributed by atoms with van der Waals surface area (Å²) in [6, 6.07) is 9.80. The van der Waals surface area contributed by atoms with Crippen molar-refractivity contribution in [2.24, 2.45) is 5.92 Å². The second-order valence-corrected chi connectivity index (χ2v) is 10.9. The number of alkyl halides is 3. The first-order chi connectivity index (χ1) is 18.2. The van der Waals surface area contributed by atoms with Crippen LogP contribution in [0.15, 0.2) is 42.6 Å². The molecule has 0 unspecified atom stereocenters. The fourth-order valence-electron chi connectivity index (χ4n) is 5.18. The molecular formula is C26H22ClF3N6OS. The van der Waals surface area contributed by atoms with Gasteiger partial charge in [0, 0.05) is 34.1 Å². The van der Waals surface area contributed by atoms with Gasteiger partial charge in [0.2, 0.25) is 5.91 Å². The number of halogens is 4. The van der Waals surface area contributed by atoms with Crippen molar-refractivity contribution in [2.45, 2.75) is 45.1 Å². The number of thiophene rings is 1. The lowest BCUT2D eigenvalue weighted by atomic mass is 9.95. The van der Waals surface area contributed by atoms with Crippen LogP contribution < -0.4 is 10.6 Å². The van der Waals surface area contributed by atoms with Gasteiger partial charge in [0.05, 0.1) is 12.6 Å². The van der Waals surface area contributed by atoms with Gasteiger partial charge in [0.1, 0.15) is 16.5 Å². The molecule has 0 saturated carbocycles. The number of nitrogens with one attached hydrogen (secondary N) is 2. The lowest BCUT2D eigenvalue weighted by Gasteiger charge is -2.20. The number of amides is 1. The van der Waals surface area contributed by atoms with Crippen LogP contribution in [0.25, 0.3) is 5.00 Å². The molecule has 0 saturated heterocycles. The number of hydrogen-bond donors (Lipinski definition) is 2. The molecule has 4 aromatic rings. The molecule has 196 valence electrons. The van der Waals surface area contributed by atoms with Gasteiger partial charge in [-0.25, -0.2) is 0 Å². The third-order valence-electron chi connectivity index (χ3n) is 7.01. The highest BCUT2D eigenvalue weighted by Gasteiger charge is 2.38. The smallest absolute Gasteiger partial charge is 0.352 e. The average Bonchev–Trinajstić information content (AvgIpc) is 3.53. The largest absolute Gasteiger partial charge is 0.433 e. The Bertz CT molecular complexity index is 1530. The minimum Gasteiger partial charge on any atom is -0.352 e. The van der Waals surface area contributed by atoms with Crippen LogP contribution in [0.2, 0.25) is 5.02 Å². The molecule has 2 aliphatic rings. The van der Waals surface area contributed by atoms with Crippen molar-refractivity contribution in [2.75, 3.05) is 0 Å². The van der Waals surface area contributed by atoms with Crippen LogP contribution in [0.5, 0.6) is 0 Å². The van der Waals surface area contributed by atoms with E-state index >= 15 is 0 Å². The van der Waals surface area contributed by atoms with Gasteiger partial charge in [0.15, 0.2) is 5.82 Å². The molecule has 3 aromatic heterocycles. The van der Waals surface area contributed by atoms with E-state index < -0.39 is 11.9 Å². The Labute approximate surface area is 225 Å². The average molecular weight is 559 g/mol. The number of hydrogen-bond acceptors (Lipinski definition) is 6. The van der Waals surface area contributed by atoms with Gasteiger partial charge in [-0.2, -0.15) is 13.2 Å². The zero-order chi connectivity index (χ0) is 26.6. The molecule has 0 radical (unpaired) electrons. The molecule has 0 fully saturated rings. The molecule has 0 spiro atoms. The van der Waals surface area contributed by atoms with Crippen molar-refractivity contribution in [3.8, 4) is 5.00 Å². The topological polar surface area (TPSA) is 84.7 Å². The zero-order valence-corrected chi connectivity index (χ0v) is 21.7. The Balaban J connectivity index is 1.26. The summed E-state index contributed by atoms with van der Waals surface area (Å²) in [6.07, 6.45) is -2.22. The third kappa shape index (κ3) is 4.38. The molecule has 2 atom stereocenters. The van der Waals surface area contributed by atoms with Crippen molar-refractivity contribution in [3.05, 3.63) is 92.1 Å². The highest BCUT2D eigenvalue weighted by Crippen LogP contribution is 2.47. The summed E-state index contributed by atoms with van der Waals surface area (Å²) >= 11 is 8.27. The standard InChI is InChI=1S/C26H22ClF3N6OS/c1-13-34-35-21-12-32-23(16-4-2-3-5-18(16)27)22-17-8-15(9-19(17)38-25(22)36(13)21)24(37)33-11-14-6-7-20(31-10-14)26(28,29)30/h2-7,10,15,23,32H,8-9,11-12H2,1H3,(H,33,37)/t15-,23-/m0/s1. The van der Waals surface area contributed by atoms with Crippen LogP contribution in [0, 0.1) is 12.8 Å². The Kier molecular flexibility index (Phi) is 6.24. The molecule has 4 heterocycles. The van der Waals surface area contributed by atoms with Crippen molar-refractivity contribution < 1.29 is 18.0 Å². The molecule has 38 heavy (non-hydrogen) atoms. The van der Waals surface area contributed by atoms with E-state index in [1.54, 1.807) is 11.3 Å². The molecular weight excluding hydrogens is 537 g/mol. The molecule has 0 bridgehead atoms. The first-order valence-electron chi connectivity index (χ1n) is 12.0. The Hall–Kier alpha value is -3.28. The molecule has 2 N–H and O–H groups in total. The van der Waals surface area contributed by atoms with Crippen LogP contribution >= 0.6 is 22.9 Å². The molecule has 12 heteroatoms. The number of benzene rings is 1. The van der Waals surface area contributed by atoms with Crippen LogP contribution in [0.3, 0.4) is 0 Å². The maximum Gasteiger partial charge on any atom is 0.433 e. The number of nitrogens with zero attached hydrogens (tertiary/aromatic N) is 4. The fourth-order valence-corrected chi connectivity index (χ4v) is 6.94. The van der Waals surface area contributed by atoms with Gasteiger partial charge in [-0.3, -0.25) is 19.7 Å². The van der Waals surface area contributed by atoms with Gasteiger partial charge in [-0.1, -0.05) is 35.9 Å². The summed E-state index contributed by atoms with van der Waals surface area (Å²) < 4.78 is 40.4. The van der Waals surface area contributed by atoms with Crippen LogP contribution in [-0.4, -0.2) is 25.7 Å². The van der Waals surface area contributed by atoms with E-state index in [-0.39, 0.29) is 24.4 Å². The molecule has 1 aliphatic heterocycles. The van der Waals surface area contributed by atoms with Crippen LogP contribution in [-0.2, 0) is 36.9 Å². The van der Waals surface area contributed by atoms with E-state index in [2.05, 4.69) is 30.4 Å². The summed E-state index contributed by atoms with van der Waals surface area (Å²) in [5.41, 5.74) is 2.71. The predicted molar refractivity (Wildman–Crippen MR) is 136 cm³/mol. The summed E-state index contributed by atoms with van der Waals surface area (Å²) in [5.74, 6) is 1.19. The van der Waals surface area contributed by atoms with E-state index in [0.717, 1.165) is 50.5 Å². The van der Waals surface area contributed by atoms with Crippen molar-refractivity contribution in [1.82, 2.24) is 30.4 Å². The first kappa shape index (κ1) is 25.0. The summed E-state index contributed by atoms with van der Waals surface area (Å²) in [6.45, 7) is 2.55. The lowest BCUT2D eigenvalue weighted by Crippen LogP contribution is -2.31. The van der Waals surface area contributed by atoms with E-state index in [1.165, 1.54) is 6.07 Å². The number of aromatic nitrogens is 4. The predicted octanol–water partition coefficient (Wildman–Crippen LogP) is 4.93. The molecule has 7 nitrogen and oxygen atoms in total. The minimum absolute atomic E-state index is 0.110. The second-order valence-electron chi connectivity index (χ2n) is 9.43. The lowest BCUT2D eigenvalue weighted by molar-refractivity contribution is -0.141. The zero-order valence-electron chi connectivity index (χ0n) is 20.1. The summed E-state index contributed by atoms with van der Waals surface area (Å²) in [5, 5.41) is 16.8. The molecule has 1 aromatic carbocycles. The normalized spacial score (nSPS) is 18.4. The summed E-state index contributed by atoms with van der Waals surface area (Å²) in [4.78, 5) is 17.7. The van der Waals surface area contributed by atoms with Crippen molar-refractivity contribution >= 4 is 28.8 Å². The quantitative estimate of drug-likeness (QED) is 0.371. The van der Waals surface area contributed by atoms with Gasteiger partial charge in [-0.05, 0) is 48.6 Å². The second kappa shape index (κ2) is 9.48. The fraction of sp³-hybridized carbons (Fsp3) is 0.308. The van der Waals surface area contributed by atoms with Gasteiger partial charge in [0.25, 0.3) is 0 Å². The maximum atomic E-state index is 13.1. The Morgan fingerprint density at radius 2 is 2.03 bits per heavy atom. The third-order valence-corrected chi connectivity index (χ3v) is 8.61. The number of carbonyl (C=O) groups is 1. The highest BCUT2D eigenvalue weighted by atomic mass is 35.5. The van der Waals surface area contributed by atoms with Crippen LogP contribution in [0.1, 0.15) is 50.5 Å². The Morgan fingerprint density at radius 3 is 2.76 bits per heavy atom. The highest BCUT2D eigenvalue weighted by molar-refractivity contribution is 7.15. The molecule has 1 aliphatic carbocycles. The number of carbonyl (C=O) groups excluding carboxylic acids is 1. The van der Waals surface area contributed by atoms with Crippen molar-refractivity contribution in [3.63, 3.8) is 0 Å². The van der Waals surface area contributed by atoms with E-state index in [4.69, 9.17) is 11.6 Å². The molecule has 1 amide bonds. The SMILES string of the molecule is Cc1nnc2n1-c1sc3c(c1[C@H](c1ccccc1Cl)NC2)C[C@H](C(=O)NCc1ccc(C(F)(F)F)nc1)C3. The Morgan fingerprint density at radius 1 is 1.21 bits per heavy atom. The van der Waals surface area contributed by atoms with Gasteiger partial charge in [-0.15, -0.1) is 21.5 Å². The number of pyridine rings is 1.